The molecule has 0 radical (unpaired) electrons. The van der Waals surface area contributed by atoms with Crippen LogP contribution in [-0.2, 0) is 9.53 Å². The van der Waals surface area contributed by atoms with Gasteiger partial charge in [0.05, 0.1) is 6.61 Å². The third-order valence-electron chi connectivity index (χ3n) is 2.23. The highest BCUT2D eigenvalue weighted by Gasteiger charge is 2.34. The number of amides is 1. The largest absolute Gasteiger partial charge is 0.396 e. The van der Waals surface area contributed by atoms with E-state index >= 15 is 0 Å². The molecule has 90 valence electrons. The standard InChI is InChI=1S/C10H21NO4/c1-10(2,7-13)8(15-3)9(14)11-5-4-6-12/h8,12-13H,4-7H2,1-3H3,(H,11,14). The fourth-order valence-electron chi connectivity index (χ4n) is 1.25. The zero-order valence-corrected chi connectivity index (χ0v) is 9.62. The molecule has 0 heterocycles. The van der Waals surface area contributed by atoms with Crippen LogP contribution in [0.25, 0.3) is 0 Å². The zero-order chi connectivity index (χ0) is 11.9. The Morgan fingerprint density at radius 2 is 2.07 bits per heavy atom. The Kier molecular flexibility index (Phi) is 6.47. The molecule has 5 heteroatoms. The lowest BCUT2D eigenvalue weighted by Gasteiger charge is -2.30. The molecule has 0 aliphatic heterocycles. The average Bonchev–Trinajstić information content (AvgIpc) is 2.19. The Morgan fingerprint density at radius 3 is 2.47 bits per heavy atom. The molecule has 1 amide bonds. The lowest BCUT2D eigenvalue weighted by Crippen LogP contribution is -2.47. The number of rotatable bonds is 7. The number of carbonyl (C=O) groups is 1. The summed E-state index contributed by atoms with van der Waals surface area (Å²) in [6, 6.07) is 0. The summed E-state index contributed by atoms with van der Waals surface area (Å²) in [5.74, 6) is -0.259. The maximum Gasteiger partial charge on any atom is 0.249 e. The van der Waals surface area contributed by atoms with Crippen molar-refractivity contribution < 1.29 is 19.7 Å². The molecular weight excluding hydrogens is 198 g/mol. The molecule has 0 aromatic carbocycles. The minimum Gasteiger partial charge on any atom is -0.396 e. The maximum absolute atomic E-state index is 11.6. The smallest absolute Gasteiger partial charge is 0.249 e. The van der Waals surface area contributed by atoms with Crippen molar-refractivity contribution in [2.45, 2.75) is 26.4 Å². The van der Waals surface area contributed by atoms with Gasteiger partial charge in [0.1, 0.15) is 6.10 Å². The van der Waals surface area contributed by atoms with E-state index in [0.29, 0.717) is 13.0 Å². The van der Waals surface area contributed by atoms with Gasteiger partial charge in [0.25, 0.3) is 0 Å². The van der Waals surface area contributed by atoms with Gasteiger partial charge in [-0.05, 0) is 6.42 Å². The first-order valence-corrected chi connectivity index (χ1v) is 5.01. The number of aliphatic hydroxyl groups is 2. The van der Waals surface area contributed by atoms with Crippen molar-refractivity contribution in [1.29, 1.82) is 0 Å². The Hall–Kier alpha value is -0.650. The highest BCUT2D eigenvalue weighted by atomic mass is 16.5. The molecule has 0 aromatic heterocycles. The van der Waals surface area contributed by atoms with E-state index in [1.165, 1.54) is 7.11 Å². The maximum atomic E-state index is 11.6. The summed E-state index contributed by atoms with van der Waals surface area (Å²) in [5.41, 5.74) is -0.613. The number of hydrogen-bond acceptors (Lipinski definition) is 4. The van der Waals surface area contributed by atoms with Gasteiger partial charge in [0.15, 0.2) is 0 Å². The monoisotopic (exact) mass is 219 g/mol. The van der Waals surface area contributed by atoms with Gasteiger partial charge in [-0.15, -0.1) is 0 Å². The second-order valence-corrected chi connectivity index (χ2v) is 4.13. The van der Waals surface area contributed by atoms with Crippen LogP contribution in [-0.4, -0.2) is 49.1 Å². The molecule has 15 heavy (non-hydrogen) atoms. The molecule has 0 rings (SSSR count). The Balaban J connectivity index is 4.22. The van der Waals surface area contributed by atoms with E-state index in [9.17, 15) is 4.79 Å². The zero-order valence-electron chi connectivity index (χ0n) is 9.62. The lowest BCUT2D eigenvalue weighted by molar-refractivity contribution is -0.140. The molecule has 1 atom stereocenters. The predicted molar refractivity (Wildman–Crippen MR) is 56.4 cm³/mol. The number of nitrogens with one attached hydrogen (secondary N) is 1. The lowest BCUT2D eigenvalue weighted by atomic mass is 9.87. The van der Waals surface area contributed by atoms with Crippen molar-refractivity contribution >= 4 is 5.91 Å². The van der Waals surface area contributed by atoms with Gasteiger partial charge >= 0.3 is 0 Å². The van der Waals surface area contributed by atoms with E-state index in [-0.39, 0.29) is 19.1 Å². The first kappa shape index (κ1) is 14.3. The summed E-state index contributed by atoms with van der Waals surface area (Å²) in [7, 11) is 1.44. The van der Waals surface area contributed by atoms with Crippen LogP contribution in [0.15, 0.2) is 0 Å². The van der Waals surface area contributed by atoms with Crippen LogP contribution in [0.5, 0.6) is 0 Å². The highest BCUT2D eigenvalue weighted by Crippen LogP contribution is 2.22. The summed E-state index contributed by atoms with van der Waals surface area (Å²) < 4.78 is 5.06. The molecule has 3 N–H and O–H groups in total. The number of hydrogen-bond donors (Lipinski definition) is 3. The van der Waals surface area contributed by atoms with Crippen molar-refractivity contribution in [3.63, 3.8) is 0 Å². The summed E-state index contributed by atoms with van der Waals surface area (Å²) in [6.07, 6.45) is -0.164. The molecule has 0 aliphatic carbocycles. The van der Waals surface area contributed by atoms with Gasteiger partial charge in [0, 0.05) is 25.7 Å². The fourth-order valence-corrected chi connectivity index (χ4v) is 1.25. The van der Waals surface area contributed by atoms with Gasteiger partial charge in [-0.2, -0.15) is 0 Å². The van der Waals surface area contributed by atoms with Gasteiger partial charge < -0.3 is 20.3 Å². The molecule has 0 bridgehead atoms. The van der Waals surface area contributed by atoms with E-state index in [4.69, 9.17) is 14.9 Å². The topological polar surface area (TPSA) is 78.8 Å². The van der Waals surface area contributed by atoms with Crippen LogP contribution in [0.4, 0.5) is 0 Å². The molecule has 5 nitrogen and oxygen atoms in total. The first-order valence-electron chi connectivity index (χ1n) is 5.01. The fraction of sp³-hybridized carbons (Fsp3) is 0.900. The van der Waals surface area contributed by atoms with E-state index in [1.807, 2.05) is 0 Å². The van der Waals surface area contributed by atoms with Crippen molar-refractivity contribution in [2.75, 3.05) is 26.9 Å². The highest BCUT2D eigenvalue weighted by molar-refractivity contribution is 5.81. The molecule has 0 aromatic rings. The van der Waals surface area contributed by atoms with Gasteiger partial charge in [-0.1, -0.05) is 13.8 Å². The van der Waals surface area contributed by atoms with Crippen molar-refractivity contribution in [3.8, 4) is 0 Å². The van der Waals surface area contributed by atoms with E-state index in [1.54, 1.807) is 13.8 Å². The van der Waals surface area contributed by atoms with E-state index in [0.717, 1.165) is 0 Å². The molecule has 0 spiro atoms. The second kappa shape index (κ2) is 6.76. The summed E-state index contributed by atoms with van der Waals surface area (Å²) in [6.45, 7) is 3.84. The Bertz CT molecular complexity index is 194. The molecule has 0 saturated heterocycles. The van der Waals surface area contributed by atoms with Crippen LogP contribution in [0, 0.1) is 5.41 Å². The van der Waals surface area contributed by atoms with Crippen LogP contribution in [0.3, 0.4) is 0 Å². The number of ether oxygens (including phenoxy) is 1. The van der Waals surface area contributed by atoms with Crippen LogP contribution in [0.1, 0.15) is 20.3 Å². The van der Waals surface area contributed by atoms with E-state index < -0.39 is 11.5 Å². The van der Waals surface area contributed by atoms with Crippen molar-refractivity contribution in [3.05, 3.63) is 0 Å². The molecule has 0 fully saturated rings. The molecule has 1 unspecified atom stereocenters. The van der Waals surface area contributed by atoms with Crippen LogP contribution in [0.2, 0.25) is 0 Å². The third kappa shape index (κ3) is 4.59. The quantitative estimate of drug-likeness (QED) is 0.505. The first-order chi connectivity index (χ1) is 6.99. The summed E-state index contributed by atoms with van der Waals surface area (Å²) in [5, 5.41) is 20.3. The summed E-state index contributed by atoms with van der Waals surface area (Å²) >= 11 is 0. The minimum absolute atomic E-state index is 0.0430. The summed E-state index contributed by atoms with van der Waals surface area (Å²) in [4.78, 5) is 11.6. The second-order valence-electron chi connectivity index (χ2n) is 4.13. The Morgan fingerprint density at radius 1 is 1.47 bits per heavy atom. The number of aliphatic hydroxyl groups excluding tert-OH is 2. The molecule has 0 aliphatic rings. The van der Waals surface area contributed by atoms with Gasteiger partial charge in [-0.3, -0.25) is 4.79 Å². The number of methoxy groups -OCH3 is 1. The van der Waals surface area contributed by atoms with Gasteiger partial charge in [0.2, 0.25) is 5.91 Å². The normalized spacial score (nSPS) is 13.7. The van der Waals surface area contributed by atoms with Crippen molar-refractivity contribution in [2.24, 2.45) is 5.41 Å². The Labute approximate surface area is 90.4 Å². The minimum atomic E-state index is -0.679. The van der Waals surface area contributed by atoms with Crippen molar-refractivity contribution in [1.82, 2.24) is 5.32 Å². The van der Waals surface area contributed by atoms with Crippen LogP contribution >= 0.6 is 0 Å². The van der Waals surface area contributed by atoms with E-state index in [2.05, 4.69) is 5.32 Å². The molecule has 0 saturated carbocycles. The number of carbonyl (C=O) groups excluding carboxylic acids is 1. The third-order valence-corrected chi connectivity index (χ3v) is 2.23. The predicted octanol–water partition coefficient (Wildman–Crippen LogP) is -0.481. The SMILES string of the molecule is COC(C(=O)NCCCO)C(C)(C)CO. The average molecular weight is 219 g/mol. The molecular formula is C10H21NO4. The van der Waals surface area contributed by atoms with Crippen LogP contribution < -0.4 is 5.32 Å². The van der Waals surface area contributed by atoms with Gasteiger partial charge in [-0.25, -0.2) is 0 Å².